The van der Waals surface area contributed by atoms with Crippen molar-refractivity contribution in [1.29, 1.82) is 0 Å². The monoisotopic (exact) mass is 320 g/mol. The molecule has 0 aliphatic carbocycles. The Morgan fingerprint density at radius 1 is 1.39 bits per heavy atom. The topological polar surface area (TPSA) is 50.4 Å². The number of hydrogen-bond donors (Lipinski definition) is 2. The Morgan fingerprint density at radius 2 is 2.17 bits per heavy atom. The van der Waals surface area contributed by atoms with Crippen LogP contribution in [0.15, 0.2) is 16.6 Å². The molecule has 0 saturated carbocycles. The molecule has 2 rings (SSSR count). The van der Waals surface area contributed by atoms with Crippen LogP contribution in [0.1, 0.15) is 6.42 Å². The molecule has 0 spiro atoms. The first-order valence-corrected chi connectivity index (χ1v) is 6.15. The van der Waals surface area contributed by atoms with Gasteiger partial charge < -0.3 is 15.4 Å². The SMILES string of the molecule is O=C(Nc1cc(F)c(Br)cc1F)NC1CCOC1. The zero-order valence-electron chi connectivity index (χ0n) is 9.30. The van der Waals surface area contributed by atoms with Crippen LogP contribution in [-0.2, 0) is 4.74 Å². The number of carbonyl (C=O) groups is 1. The number of amides is 2. The third kappa shape index (κ3) is 3.17. The summed E-state index contributed by atoms with van der Waals surface area (Å²) in [5.74, 6) is -1.35. The van der Waals surface area contributed by atoms with Crippen molar-refractivity contribution in [3.05, 3.63) is 28.2 Å². The lowest BCUT2D eigenvalue weighted by molar-refractivity contribution is 0.189. The van der Waals surface area contributed by atoms with Crippen molar-refractivity contribution < 1.29 is 18.3 Å². The average Bonchev–Trinajstić information content (AvgIpc) is 2.78. The van der Waals surface area contributed by atoms with Gasteiger partial charge >= 0.3 is 6.03 Å². The van der Waals surface area contributed by atoms with Crippen LogP contribution in [0.3, 0.4) is 0 Å². The highest BCUT2D eigenvalue weighted by molar-refractivity contribution is 9.10. The van der Waals surface area contributed by atoms with Crippen molar-refractivity contribution in [2.45, 2.75) is 12.5 Å². The van der Waals surface area contributed by atoms with Gasteiger partial charge in [0.1, 0.15) is 11.6 Å². The number of urea groups is 1. The molecular weight excluding hydrogens is 310 g/mol. The Kier molecular flexibility index (Phi) is 4.13. The highest BCUT2D eigenvalue weighted by atomic mass is 79.9. The number of nitrogens with one attached hydrogen (secondary N) is 2. The fourth-order valence-corrected chi connectivity index (χ4v) is 1.93. The highest BCUT2D eigenvalue weighted by Gasteiger charge is 2.18. The predicted molar refractivity (Wildman–Crippen MR) is 65.4 cm³/mol. The van der Waals surface area contributed by atoms with E-state index >= 15 is 0 Å². The summed E-state index contributed by atoms with van der Waals surface area (Å²) in [4.78, 5) is 11.5. The summed E-state index contributed by atoms with van der Waals surface area (Å²) in [6.07, 6.45) is 0.713. The zero-order valence-corrected chi connectivity index (χ0v) is 10.9. The minimum atomic E-state index is -0.707. The molecule has 4 nitrogen and oxygen atoms in total. The number of ether oxygens (including phenoxy) is 1. The molecule has 1 aliphatic rings. The Balaban J connectivity index is 2.00. The standard InChI is InChI=1S/C11H11BrF2N2O2/c12-7-3-9(14)10(4-8(7)13)16-11(17)15-6-1-2-18-5-6/h3-4,6H,1-2,5H2,(H2,15,16,17). The molecular formula is C11H11BrF2N2O2. The van der Waals surface area contributed by atoms with Gasteiger partial charge in [0.25, 0.3) is 0 Å². The van der Waals surface area contributed by atoms with Crippen molar-refractivity contribution >= 4 is 27.6 Å². The molecule has 0 aromatic heterocycles. The van der Waals surface area contributed by atoms with Gasteiger partial charge in [0.15, 0.2) is 0 Å². The lowest BCUT2D eigenvalue weighted by Gasteiger charge is -2.12. The van der Waals surface area contributed by atoms with Gasteiger partial charge in [-0.3, -0.25) is 0 Å². The highest BCUT2D eigenvalue weighted by Crippen LogP contribution is 2.23. The molecule has 18 heavy (non-hydrogen) atoms. The van der Waals surface area contributed by atoms with Crippen LogP contribution < -0.4 is 10.6 Å². The maximum atomic E-state index is 13.4. The van der Waals surface area contributed by atoms with E-state index in [2.05, 4.69) is 26.6 Å². The van der Waals surface area contributed by atoms with E-state index in [1.165, 1.54) is 0 Å². The van der Waals surface area contributed by atoms with E-state index in [1.54, 1.807) is 0 Å². The fraction of sp³-hybridized carbons (Fsp3) is 0.364. The Bertz CT molecular complexity index is 465. The van der Waals surface area contributed by atoms with Crippen LogP contribution in [0.25, 0.3) is 0 Å². The molecule has 1 heterocycles. The largest absolute Gasteiger partial charge is 0.379 e. The normalized spacial score (nSPS) is 18.7. The summed E-state index contributed by atoms with van der Waals surface area (Å²) in [5, 5.41) is 4.88. The first-order valence-electron chi connectivity index (χ1n) is 5.36. The van der Waals surface area contributed by atoms with E-state index in [0.29, 0.717) is 19.6 Å². The first kappa shape index (κ1) is 13.2. The predicted octanol–water partition coefficient (Wildman–Crippen LogP) is 2.64. The van der Waals surface area contributed by atoms with E-state index in [9.17, 15) is 13.6 Å². The molecule has 1 aliphatic heterocycles. The van der Waals surface area contributed by atoms with Gasteiger partial charge in [0.2, 0.25) is 0 Å². The van der Waals surface area contributed by atoms with Gasteiger partial charge in [-0.15, -0.1) is 0 Å². The smallest absolute Gasteiger partial charge is 0.319 e. The van der Waals surface area contributed by atoms with E-state index < -0.39 is 17.7 Å². The van der Waals surface area contributed by atoms with Crippen LogP contribution in [0, 0.1) is 11.6 Å². The molecule has 0 radical (unpaired) electrons. The molecule has 1 fully saturated rings. The van der Waals surface area contributed by atoms with Gasteiger partial charge in [0, 0.05) is 12.7 Å². The number of halogens is 3. The van der Waals surface area contributed by atoms with Crippen LogP contribution in [0.4, 0.5) is 19.3 Å². The maximum Gasteiger partial charge on any atom is 0.319 e. The minimum Gasteiger partial charge on any atom is -0.379 e. The van der Waals surface area contributed by atoms with E-state index in [4.69, 9.17) is 4.74 Å². The van der Waals surface area contributed by atoms with Gasteiger partial charge in [-0.2, -0.15) is 0 Å². The summed E-state index contributed by atoms with van der Waals surface area (Å²) in [7, 11) is 0. The third-order valence-electron chi connectivity index (χ3n) is 2.52. The summed E-state index contributed by atoms with van der Waals surface area (Å²) < 4.78 is 31.7. The van der Waals surface area contributed by atoms with Crippen LogP contribution >= 0.6 is 15.9 Å². The number of carbonyl (C=O) groups excluding carboxylic acids is 1. The molecule has 7 heteroatoms. The third-order valence-corrected chi connectivity index (χ3v) is 3.13. The zero-order chi connectivity index (χ0) is 13.1. The summed E-state index contributed by atoms with van der Waals surface area (Å²) >= 11 is 2.86. The molecule has 0 bridgehead atoms. The van der Waals surface area contributed by atoms with Gasteiger partial charge in [-0.05, 0) is 28.4 Å². The van der Waals surface area contributed by atoms with Crippen molar-refractivity contribution in [1.82, 2.24) is 5.32 Å². The maximum absolute atomic E-state index is 13.4. The van der Waals surface area contributed by atoms with Crippen molar-refractivity contribution in [3.8, 4) is 0 Å². The van der Waals surface area contributed by atoms with Gasteiger partial charge in [-0.1, -0.05) is 0 Å². The molecule has 98 valence electrons. The molecule has 2 amide bonds. The van der Waals surface area contributed by atoms with E-state index in [-0.39, 0.29) is 16.2 Å². The van der Waals surface area contributed by atoms with Crippen molar-refractivity contribution in [2.75, 3.05) is 18.5 Å². The molecule has 1 aromatic rings. The second-order valence-corrected chi connectivity index (χ2v) is 4.76. The number of hydrogen-bond acceptors (Lipinski definition) is 2. The summed E-state index contributed by atoms with van der Waals surface area (Å²) in [6.45, 7) is 1.02. The van der Waals surface area contributed by atoms with Crippen molar-refractivity contribution in [2.24, 2.45) is 0 Å². The van der Waals surface area contributed by atoms with Crippen molar-refractivity contribution in [3.63, 3.8) is 0 Å². The lowest BCUT2D eigenvalue weighted by atomic mass is 10.2. The number of anilines is 1. The number of benzene rings is 1. The Labute approximate surface area is 111 Å². The second kappa shape index (κ2) is 5.62. The van der Waals surface area contributed by atoms with Gasteiger partial charge in [0.05, 0.1) is 22.8 Å². The summed E-state index contributed by atoms with van der Waals surface area (Å²) in [5.41, 5.74) is -0.202. The van der Waals surface area contributed by atoms with Crippen LogP contribution in [0.2, 0.25) is 0 Å². The number of rotatable bonds is 2. The second-order valence-electron chi connectivity index (χ2n) is 3.91. The summed E-state index contributed by atoms with van der Waals surface area (Å²) in [6, 6.07) is 1.22. The lowest BCUT2D eigenvalue weighted by Crippen LogP contribution is -2.38. The molecule has 1 atom stereocenters. The average molecular weight is 321 g/mol. The van der Waals surface area contributed by atoms with E-state index in [0.717, 1.165) is 12.1 Å². The molecule has 2 N–H and O–H groups in total. The Morgan fingerprint density at radius 3 is 2.83 bits per heavy atom. The quantitative estimate of drug-likeness (QED) is 0.823. The van der Waals surface area contributed by atoms with E-state index in [1.807, 2.05) is 0 Å². The van der Waals surface area contributed by atoms with Crippen LogP contribution in [-0.4, -0.2) is 25.3 Å². The van der Waals surface area contributed by atoms with Crippen LogP contribution in [0.5, 0.6) is 0 Å². The molecule has 1 unspecified atom stereocenters. The molecule has 1 saturated heterocycles. The fourth-order valence-electron chi connectivity index (χ4n) is 1.61. The molecule has 1 aromatic carbocycles. The first-order chi connectivity index (χ1) is 8.56. The minimum absolute atomic E-state index is 0.00940. The Hall–Kier alpha value is -1.21. The van der Waals surface area contributed by atoms with Gasteiger partial charge in [-0.25, -0.2) is 13.6 Å².